The van der Waals surface area contributed by atoms with Crippen molar-refractivity contribution in [1.29, 1.82) is 0 Å². The molecule has 2 N–H and O–H groups in total. The third kappa shape index (κ3) is 5.99. The number of thioether (sulfide) groups is 1. The molecule has 0 saturated carbocycles. The number of unbranched alkanes of at least 4 members (excludes halogenated alkanes) is 3. The van der Waals surface area contributed by atoms with Gasteiger partial charge in [0.25, 0.3) is 0 Å². The molecule has 1 aromatic rings. The van der Waals surface area contributed by atoms with Gasteiger partial charge < -0.3 is 10.4 Å². The molecule has 0 radical (unpaired) electrons. The lowest BCUT2D eigenvalue weighted by atomic mass is 10.2. The number of hydrogen-bond acceptors (Lipinski definition) is 6. The average Bonchev–Trinajstić information content (AvgIpc) is 2.45. The SMILES string of the molecule is CSCCCCCCNc1nc(C(=O)O)ccc1[N+](=O)[O-]. The molecule has 0 bridgehead atoms. The fourth-order valence-corrected chi connectivity index (χ4v) is 2.27. The second-order valence-electron chi connectivity index (χ2n) is 4.46. The second kappa shape index (κ2) is 9.17. The largest absolute Gasteiger partial charge is 0.477 e. The van der Waals surface area contributed by atoms with Crippen LogP contribution in [-0.4, -0.2) is 39.5 Å². The molecule has 116 valence electrons. The van der Waals surface area contributed by atoms with Gasteiger partial charge >= 0.3 is 11.7 Å². The molecule has 1 rings (SSSR count). The molecule has 0 aliphatic carbocycles. The van der Waals surface area contributed by atoms with Gasteiger partial charge in [-0.1, -0.05) is 12.8 Å². The van der Waals surface area contributed by atoms with Gasteiger partial charge in [0, 0.05) is 12.6 Å². The van der Waals surface area contributed by atoms with Crippen LogP contribution in [0, 0.1) is 10.1 Å². The second-order valence-corrected chi connectivity index (χ2v) is 5.45. The molecule has 7 nitrogen and oxygen atoms in total. The smallest absolute Gasteiger partial charge is 0.354 e. The van der Waals surface area contributed by atoms with E-state index in [0.717, 1.165) is 43.6 Å². The minimum atomic E-state index is -1.20. The zero-order chi connectivity index (χ0) is 15.7. The Labute approximate surface area is 127 Å². The maximum Gasteiger partial charge on any atom is 0.354 e. The Hall–Kier alpha value is -1.83. The van der Waals surface area contributed by atoms with E-state index in [0.29, 0.717) is 6.54 Å². The molecule has 1 aromatic heterocycles. The van der Waals surface area contributed by atoms with Crippen LogP contribution in [0.25, 0.3) is 0 Å². The number of pyridine rings is 1. The van der Waals surface area contributed by atoms with Crippen LogP contribution >= 0.6 is 11.8 Å². The zero-order valence-corrected chi connectivity index (χ0v) is 12.7. The summed E-state index contributed by atoms with van der Waals surface area (Å²) in [6.07, 6.45) is 6.24. The van der Waals surface area contributed by atoms with Gasteiger partial charge in [-0.15, -0.1) is 0 Å². The number of rotatable bonds is 10. The predicted octanol–water partition coefficient (Wildman–Crippen LogP) is 3.02. The van der Waals surface area contributed by atoms with Crippen molar-refractivity contribution in [1.82, 2.24) is 4.98 Å². The highest BCUT2D eigenvalue weighted by Gasteiger charge is 2.17. The number of carboxylic acid groups (broad SMARTS) is 1. The Morgan fingerprint density at radius 3 is 2.71 bits per heavy atom. The minimum Gasteiger partial charge on any atom is -0.477 e. The highest BCUT2D eigenvalue weighted by molar-refractivity contribution is 7.98. The van der Waals surface area contributed by atoms with E-state index in [2.05, 4.69) is 16.6 Å². The van der Waals surface area contributed by atoms with Crippen molar-refractivity contribution in [3.63, 3.8) is 0 Å². The Balaban J connectivity index is 2.53. The molecule has 0 unspecified atom stereocenters. The first-order valence-electron chi connectivity index (χ1n) is 6.67. The number of carbonyl (C=O) groups is 1. The zero-order valence-electron chi connectivity index (χ0n) is 11.9. The van der Waals surface area contributed by atoms with E-state index in [4.69, 9.17) is 5.11 Å². The molecule has 0 aliphatic heterocycles. The molecule has 0 aromatic carbocycles. The molecule has 21 heavy (non-hydrogen) atoms. The molecular weight excluding hydrogens is 294 g/mol. The molecule has 8 heteroatoms. The van der Waals surface area contributed by atoms with E-state index in [-0.39, 0.29) is 17.2 Å². The Morgan fingerprint density at radius 1 is 1.38 bits per heavy atom. The van der Waals surface area contributed by atoms with Crippen molar-refractivity contribution in [3.8, 4) is 0 Å². The summed E-state index contributed by atoms with van der Waals surface area (Å²) in [4.78, 5) is 24.9. The molecule has 0 saturated heterocycles. The number of aromatic carboxylic acids is 1. The first kappa shape index (κ1) is 17.2. The number of aromatic nitrogens is 1. The Morgan fingerprint density at radius 2 is 2.10 bits per heavy atom. The molecule has 0 amide bonds. The topological polar surface area (TPSA) is 105 Å². The van der Waals surface area contributed by atoms with Crippen molar-refractivity contribution in [2.24, 2.45) is 0 Å². The quantitative estimate of drug-likeness (QED) is 0.388. The summed E-state index contributed by atoms with van der Waals surface area (Å²) in [5.74, 6) is -0.0461. The van der Waals surface area contributed by atoms with Gasteiger partial charge in [0.1, 0.15) is 0 Å². The van der Waals surface area contributed by atoms with E-state index in [1.165, 1.54) is 0 Å². The summed E-state index contributed by atoms with van der Waals surface area (Å²) < 4.78 is 0. The summed E-state index contributed by atoms with van der Waals surface area (Å²) in [5, 5.41) is 22.6. The maximum absolute atomic E-state index is 10.9. The molecular formula is C13H19N3O4S. The van der Waals surface area contributed by atoms with Crippen molar-refractivity contribution in [2.75, 3.05) is 23.9 Å². The lowest BCUT2D eigenvalue weighted by Crippen LogP contribution is -2.09. The minimum absolute atomic E-state index is 0.0176. The summed E-state index contributed by atoms with van der Waals surface area (Å²) in [6, 6.07) is 2.30. The van der Waals surface area contributed by atoms with Gasteiger partial charge in [-0.3, -0.25) is 10.1 Å². The number of carboxylic acids is 1. The number of nitrogens with one attached hydrogen (secondary N) is 1. The van der Waals surface area contributed by atoms with E-state index < -0.39 is 10.9 Å². The lowest BCUT2D eigenvalue weighted by Gasteiger charge is -2.07. The lowest BCUT2D eigenvalue weighted by molar-refractivity contribution is -0.384. The molecule has 0 atom stereocenters. The monoisotopic (exact) mass is 313 g/mol. The van der Waals surface area contributed by atoms with Gasteiger partial charge in [0.05, 0.1) is 4.92 Å². The number of nitrogens with zero attached hydrogens (tertiary/aromatic N) is 2. The van der Waals surface area contributed by atoms with Crippen LogP contribution in [0.15, 0.2) is 12.1 Å². The van der Waals surface area contributed by atoms with Crippen LogP contribution in [-0.2, 0) is 0 Å². The van der Waals surface area contributed by atoms with E-state index in [1.807, 2.05) is 11.8 Å². The first-order chi connectivity index (χ1) is 10.1. The third-order valence-electron chi connectivity index (χ3n) is 2.86. The van der Waals surface area contributed by atoms with Gasteiger partial charge in [-0.2, -0.15) is 11.8 Å². The number of hydrogen-bond donors (Lipinski definition) is 2. The van der Waals surface area contributed by atoms with Crippen molar-refractivity contribution >= 4 is 29.2 Å². The van der Waals surface area contributed by atoms with E-state index >= 15 is 0 Å². The van der Waals surface area contributed by atoms with Crippen LogP contribution in [0.5, 0.6) is 0 Å². The van der Waals surface area contributed by atoms with E-state index in [1.54, 1.807) is 0 Å². The summed E-state index contributed by atoms with van der Waals surface area (Å²) in [6.45, 7) is 0.538. The highest BCUT2D eigenvalue weighted by Crippen LogP contribution is 2.22. The summed E-state index contributed by atoms with van der Waals surface area (Å²) in [5.41, 5.74) is -0.412. The van der Waals surface area contributed by atoms with E-state index in [9.17, 15) is 14.9 Å². The average molecular weight is 313 g/mol. The predicted molar refractivity (Wildman–Crippen MR) is 83.2 cm³/mol. The van der Waals surface area contributed by atoms with Crippen LogP contribution in [0.4, 0.5) is 11.5 Å². The van der Waals surface area contributed by atoms with Crippen molar-refractivity contribution in [2.45, 2.75) is 25.7 Å². The Bertz CT molecular complexity index is 496. The van der Waals surface area contributed by atoms with Crippen LogP contribution < -0.4 is 5.32 Å². The van der Waals surface area contributed by atoms with Crippen molar-refractivity contribution < 1.29 is 14.8 Å². The summed E-state index contributed by atoms with van der Waals surface area (Å²) >= 11 is 1.82. The first-order valence-corrected chi connectivity index (χ1v) is 8.07. The molecule has 0 spiro atoms. The molecule has 0 fully saturated rings. The van der Waals surface area contributed by atoms with Crippen LogP contribution in [0.2, 0.25) is 0 Å². The highest BCUT2D eigenvalue weighted by atomic mass is 32.2. The molecule has 0 aliphatic rings. The fourth-order valence-electron chi connectivity index (χ4n) is 1.78. The number of anilines is 1. The standard InChI is InChI=1S/C13H19N3O4S/c1-21-9-5-3-2-4-8-14-12-11(16(19)20)7-6-10(15-12)13(17)18/h6-7H,2-5,8-9H2,1H3,(H,14,15)(H,17,18). The third-order valence-corrected chi connectivity index (χ3v) is 3.55. The van der Waals surface area contributed by atoms with Crippen LogP contribution in [0.1, 0.15) is 36.2 Å². The maximum atomic E-state index is 10.9. The fraction of sp³-hybridized carbons (Fsp3) is 0.538. The van der Waals surface area contributed by atoms with Crippen molar-refractivity contribution in [3.05, 3.63) is 27.9 Å². The summed E-state index contributed by atoms with van der Waals surface area (Å²) in [7, 11) is 0. The normalized spacial score (nSPS) is 10.3. The number of nitro groups is 1. The van der Waals surface area contributed by atoms with Gasteiger partial charge in [0.2, 0.25) is 5.82 Å². The van der Waals surface area contributed by atoms with Gasteiger partial charge in [-0.05, 0) is 30.9 Å². The Kier molecular flexibility index (Phi) is 7.52. The van der Waals surface area contributed by atoms with Gasteiger partial charge in [0.15, 0.2) is 5.69 Å². The van der Waals surface area contributed by atoms with Gasteiger partial charge in [-0.25, -0.2) is 9.78 Å². The van der Waals surface area contributed by atoms with Crippen LogP contribution in [0.3, 0.4) is 0 Å². The molecule has 1 heterocycles.